The molecule has 1 aromatic heterocycles. The summed E-state index contributed by atoms with van der Waals surface area (Å²) in [5.74, 6) is 3.36. The summed E-state index contributed by atoms with van der Waals surface area (Å²) in [6.45, 7) is 6.94. The minimum atomic E-state index is 0. The molecular formula is C17H31IN6O2. The molecular weight excluding hydrogens is 447 g/mol. The predicted octanol–water partition coefficient (Wildman–Crippen LogP) is 1.13. The van der Waals surface area contributed by atoms with E-state index >= 15 is 0 Å². The Hall–Kier alpha value is -0.940. The molecule has 0 aromatic carbocycles. The molecule has 3 rings (SSSR count). The Morgan fingerprint density at radius 2 is 2.31 bits per heavy atom. The molecule has 1 aromatic rings. The third-order valence-electron chi connectivity index (χ3n) is 4.66. The van der Waals surface area contributed by atoms with E-state index < -0.39 is 0 Å². The Bertz CT molecular complexity index is 574. The van der Waals surface area contributed by atoms with Crippen molar-refractivity contribution < 1.29 is 9.47 Å². The Kier molecular flexibility index (Phi) is 9.06. The third kappa shape index (κ3) is 6.34. The number of aliphatic imine (C=N–C) groups is 1. The van der Waals surface area contributed by atoms with E-state index in [1.54, 1.807) is 7.05 Å². The molecule has 1 saturated heterocycles. The lowest BCUT2D eigenvalue weighted by atomic mass is 10.1. The average Bonchev–Trinajstić information content (AvgIpc) is 3.24. The summed E-state index contributed by atoms with van der Waals surface area (Å²) >= 11 is 0. The first-order valence-corrected chi connectivity index (χ1v) is 9.27. The fourth-order valence-electron chi connectivity index (χ4n) is 3.29. The van der Waals surface area contributed by atoms with Crippen LogP contribution in [0.3, 0.4) is 0 Å². The number of hydrogen-bond acceptors (Lipinski definition) is 5. The predicted molar refractivity (Wildman–Crippen MR) is 111 cm³/mol. The number of nitrogens with one attached hydrogen (secondary N) is 2. The van der Waals surface area contributed by atoms with Crippen LogP contribution >= 0.6 is 24.0 Å². The van der Waals surface area contributed by atoms with Crippen LogP contribution < -0.4 is 10.6 Å². The summed E-state index contributed by atoms with van der Waals surface area (Å²) in [5, 5.41) is 11.3. The smallest absolute Gasteiger partial charge is 0.191 e. The molecule has 0 spiro atoms. The molecule has 148 valence electrons. The highest BCUT2D eigenvalue weighted by atomic mass is 127. The van der Waals surface area contributed by atoms with Crippen LogP contribution in [0.2, 0.25) is 0 Å². The molecule has 1 fully saturated rings. The van der Waals surface area contributed by atoms with Gasteiger partial charge in [0.1, 0.15) is 11.6 Å². The topological polar surface area (TPSA) is 85.6 Å². The highest BCUT2D eigenvalue weighted by molar-refractivity contribution is 14.0. The Morgan fingerprint density at radius 1 is 1.42 bits per heavy atom. The highest BCUT2D eigenvalue weighted by Crippen LogP contribution is 2.13. The molecule has 8 nitrogen and oxygen atoms in total. The number of nitrogens with zero attached hydrogens (tertiary/aromatic N) is 4. The SMILES string of the molecule is CN=C(NCCCOCC1CCOC1)NC1CCc2nc(C)nn2C1.I. The fourth-order valence-corrected chi connectivity index (χ4v) is 3.29. The Morgan fingerprint density at radius 3 is 3.08 bits per heavy atom. The Labute approximate surface area is 172 Å². The van der Waals surface area contributed by atoms with Crippen LogP contribution in [-0.2, 0) is 22.4 Å². The van der Waals surface area contributed by atoms with Gasteiger partial charge >= 0.3 is 0 Å². The molecule has 2 N–H and O–H groups in total. The molecule has 3 heterocycles. The number of aryl methyl sites for hydroxylation is 2. The van der Waals surface area contributed by atoms with Crippen LogP contribution in [0.25, 0.3) is 0 Å². The second-order valence-electron chi connectivity index (χ2n) is 6.79. The number of rotatable bonds is 7. The zero-order chi connectivity index (χ0) is 17.5. The van der Waals surface area contributed by atoms with Crippen molar-refractivity contribution in [2.75, 3.05) is 40.0 Å². The van der Waals surface area contributed by atoms with Crippen molar-refractivity contribution in [2.24, 2.45) is 10.9 Å². The van der Waals surface area contributed by atoms with Gasteiger partial charge in [-0.3, -0.25) is 4.99 Å². The number of halogens is 1. The van der Waals surface area contributed by atoms with Crippen LogP contribution in [0.5, 0.6) is 0 Å². The molecule has 2 aliphatic heterocycles. The minimum Gasteiger partial charge on any atom is -0.381 e. The van der Waals surface area contributed by atoms with Crippen LogP contribution in [0.15, 0.2) is 4.99 Å². The van der Waals surface area contributed by atoms with Crippen molar-refractivity contribution >= 4 is 29.9 Å². The summed E-state index contributed by atoms with van der Waals surface area (Å²) in [5.41, 5.74) is 0. The van der Waals surface area contributed by atoms with Gasteiger partial charge < -0.3 is 20.1 Å². The maximum atomic E-state index is 5.73. The van der Waals surface area contributed by atoms with Gasteiger partial charge in [0.25, 0.3) is 0 Å². The van der Waals surface area contributed by atoms with Gasteiger partial charge in [0.2, 0.25) is 0 Å². The van der Waals surface area contributed by atoms with Gasteiger partial charge in [0.05, 0.1) is 19.8 Å². The lowest BCUT2D eigenvalue weighted by molar-refractivity contribution is 0.0888. The highest BCUT2D eigenvalue weighted by Gasteiger charge is 2.21. The number of ether oxygens (including phenoxy) is 2. The molecule has 0 aliphatic carbocycles. The van der Waals surface area contributed by atoms with Gasteiger partial charge in [-0.25, -0.2) is 9.67 Å². The van der Waals surface area contributed by atoms with Gasteiger partial charge in [0, 0.05) is 45.2 Å². The summed E-state index contributed by atoms with van der Waals surface area (Å²) in [7, 11) is 1.81. The van der Waals surface area contributed by atoms with Gasteiger partial charge in [-0.2, -0.15) is 5.10 Å². The van der Waals surface area contributed by atoms with E-state index in [0.717, 1.165) is 82.8 Å². The van der Waals surface area contributed by atoms with Gasteiger partial charge in [-0.1, -0.05) is 0 Å². The summed E-state index contributed by atoms with van der Waals surface area (Å²) in [4.78, 5) is 8.76. The summed E-state index contributed by atoms with van der Waals surface area (Å²) < 4.78 is 13.1. The van der Waals surface area contributed by atoms with E-state index in [2.05, 4.69) is 25.7 Å². The minimum absolute atomic E-state index is 0. The van der Waals surface area contributed by atoms with Crippen LogP contribution in [0.4, 0.5) is 0 Å². The maximum absolute atomic E-state index is 5.73. The normalized spacial score (nSPS) is 22.6. The molecule has 0 saturated carbocycles. The zero-order valence-electron chi connectivity index (χ0n) is 15.7. The number of guanidine groups is 1. The van der Waals surface area contributed by atoms with Crippen molar-refractivity contribution in [3.63, 3.8) is 0 Å². The number of hydrogen-bond donors (Lipinski definition) is 2. The zero-order valence-corrected chi connectivity index (χ0v) is 18.1. The lowest BCUT2D eigenvalue weighted by Crippen LogP contribution is -2.47. The second-order valence-corrected chi connectivity index (χ2v) is 6.79. The van der Waals surface area contributed by atoms with E-state index in [4.69, 9.17) is 9.47 Å². The van der Waals surface area contributed by atoms with Gasteiger partial charge in [-0.15, -0.1) is 24.0 Å². The van der Waals surface area contributed by atoms with Crippen molar-refractivity contribution in [3.05, 3.63) is 11.6 Å². The third-order valence-corrected chi connectivity index (χ3v) is 4.66. The molecule has 2 atom stereocenters. The van der Waals surface area contributed by atoms with Crippen LogP contribution in [-0.4, -0.2) is 66.8 Å². The van der Waals surface area contributed by atoms with Gasteiger partial charge in [0.15, 0.2) is 5.96 Å². The second kappa shape index (κ2) is 11.0. The van der Waals surface area contributed by atoms with E-state index in [-0.39, 0.29) is 24.0 Å². The average molecular weight is 478 g/mol. The Balaban J connectivity index is 0.00000243. The van der Waals surface area contributed by atoms with Crippen molar-refractivity contribution in [1.29, 1.82) is 0 Å². The molecule has 0 bridgehead atoms. The van der Waals surface area contributed by atoms with Gasteiger partial charge in [-0.05, 0) is 26.2 Å². The van der Waals surface area contributed by atoms with E-state index in [1.165, 1.54) is 0 Å². The quantitative estimate of drug-likeness (QED) is 0.265. The first-order chi connectivity index (χ1) is 12.2. The van der Waals surface area contributed by atoms with Crippen LogP contribution in [0.1, 0.15) is 30.9 Å². The summed E-state index contributed by atoms with van der Waals surface area (Å²) in [6, 6.07) is 0.332. The molecule has 26 heavy (non-hydrogen) atoms. The largest absolute Gasteiger partial charge is 0.381 e. The van der Waals surface area contributed by atoms with E-state index in [0.29, 0.717) is 12.0 Å². The van der Waals surface area contributed by atoms with Crippen molar-refractivity contribution in [3.8, 4) is 0 Å². The molecule has 9 heteroatoms. The maximum Gasteiger partial charge on any atom is 0.191 e. The number of aromatic nitrogens is 3. The van der Waals surface area contributed by atoms with Crippen molar-refractivity contribution in [1.82, 2.24) is 25.4 Å². The van der Waals surface area contributed by atoms with Crippen LogP contribution in [0, 0.1) is 12.8 Å². The fraction of sp³-hybridized carbons (Fsp3) is 0.824. The summed E-state index contributed by atoms with van der Waals surface area (Å²) in [6.07, 6.45) is 4.09. The van der Waals surface area contributed by atoms with Crippen molar-refractivity contribution in [2.45, 2.75) is 45.2 Å². The first-order valence-electron chi connectivity index (χ1n) is 9.27. The molecule has 2 unspecified atom stereocenters. The van der Waals surface area contributed by atoms with E-state index in [1.807, 2.05) is 11.6 Å². The molecule has 0 amide bonds. The standard InChI is InChI=1S/C17H30N6O2.HI/c1-13-20-16-5-4-15(10-23(16)22-13)21-17(18-2)19-7-3-8-24-11-14-6-9-25-12-14;/h14-15H,3-12H2,1-2H3,(H2,18,19,21);1H. The molecule has 2 aliphatic rings. The lowest BCUT2D eigenvalue weighted by Gasteiger charge is -2.25. The number of fused-ring (bicyclic) bond motifs is 1. The van der Waals surface area contributed by atoms with E-state index in [9.17, 15) is 0 Å². The molecule has 0 radical (unpaired) electrons. The first kappa shape index (κ1) is 21.4. The monoisotopic (exact) mass is 478 g/mol.